The van der Waals surface area contributed by atoms with Crippen LogP contribution in [0.3, 0.4) is 0 Å². The van der Waals surface area contributed by atoms with Crippen molar-refractivity contribution in [2.45, 2.75) is 25.3 Å². The summed E-state index contributed by atoms with van der Waals surface area (Å²) in [7, 11) is 2.11. The second kappa shape index (κ2) is 7.94. The molecule has 2 aromatic carbocycles. The molecule has 0 unspecified atom stereocenters. The number of likely N-dealkylation sites (N-methyl/N-ethyl adjacent to an activating group) is 1. The molecule has 2 aliphatic rings. The topological polar surface area (TPSA) is 78.7 Å². The van der Waals surface area contributed by atoms with Crippen molar-refractivity contribution in [1.82, 2.24) is 10.2 Å². The molecule has 9 heteroatoms. The molecule has 2 atom stereocenters. The molecule has 1 N–H and O–H groups in total. The SMILES string of the molecule is Cc1ccc2c(c1)[C@@H]1CN(C)CC[C@@H]1N2C(=S)NC(=O)c1ccc(Cl)cc1[N+](=O)[O-]. The summed E-state index contributed by atoms with van der Waals surface area (Å²) in [6.45, 7) is 3.91. The number of nitrogens with zero attached hydrogens (tertiary/aromatic N) is 3. The number of thiocarbonyl (C=S) groups is 1. The van der Waals surface area contributed by atoms with Crippen LogP contribution in [0.25, 0.3) is 0 Å². The smallest absolute Gasteiger partial charge is 0.283 e. The maximum absolute atomic E-state index is 12.8. The lowest BCUT2D eigenvalue weighted by Gasteiger charge is -2.37. The standard InChI is InChI=1S/C21H21ClN4O3S/c1-12-3-6-17-15(9-12)16-11-24(2)8-7-18(16)25(17)21(30)23-20(27)14-5-4-13(22)10-19(14)26(28)29/h3-6,9-10,16,18H,7-8,11H2,1-2H3,(H,23,27,30)/t16-,18-/m0/s1. The Labute approximate surface area is 184 Å². The number of rotatable bonds is 2. The zero-order valence-electron chi connectivity index (χ0n) is 16.6. The van der Waals surface area contributed by atoms with Crippen LogP contribution < -0.4 is 10.2 Å². The van der Waals surface area contributed by atoms with Gasteiger partial charge in [0, 0.05) is 35.3 Å². The molecule has 0 spiro atoms. The van der Waals surface area contributed by atoms with Crippen molar-refractivity contribution in [3.05, 3.63) is 68.2 Å². The Hall–Kier alpha value is -2.55. The number of carbonyl (C=O) groups is 1. The van der Waals surface area contributed by atoms with E-state index in [9.17, 15) is 14.9 Å². The van der Waals surface area contributed by atoms with E-state index in [1.807, 2.05) is 17.0 Å². The molecule has 4 rings (SSSR count). The molecule has 1 saturated heterocycles. The third-order valence-electron chi connectivity index (χ3n) is 5.79. The number of likely N-dealkylation sites (tertiary alicyclic amines) is 1. The second-order valence-electron chi connectivity index (χ2n) is 7.83. The lowest BCUT2D eigenvalue weighted by Crippen LogP contribution is -2.51. The van der Waals surface area contributed by atoms with Gasteiger partial charge in [0.05, 0.1) is 4.92 Å². The molecule has 2 heterocycles. The van der Waals surface area contributed by atoms with Gasteiger partial charge in [-0.3, -0.25) is 20.2 Å². The normalized spacial score (nSPS) is 20.4. The number of fused-ring (bicyclic) bond motifs is 3. The zero-order valence-corrected chi connectivity index (χ0v) is 18.2. The second-order valence-corrected chi connectivity index (χ2v) is 8.66. The number of nitro groups is 1. The predicted octanol–water partition coefficient (Wildman–Crippen LogP) is 3.88. The van der Waals surface area contributed by atoms with E-state index in [0.29, 0.717) is 5.92 Å². The first-order valence-corrected chi connectivity index (χ1v) is 10.4. The summed E-state index contributed by atoms with van der Waals surface area (Å²) in [6.07, 6.45) is 0.909. The number of benzene rings is 2. The Morgan fingerprint density at radius 1 is 1.30 bits per heavy atom. The van der Waals surface area contributed by atoms with E-state index in [0.717, 1.165) is 25.2 Å². The van der Waals surface area contributed by atoms with Crippen LogP contribution in [-0.2, 0) is 0 Å². The lowest BCUT2D eigenvalue weighted by molar-refractivity contribution is -0.385. The first kappa shape index (κ1) is 20.7. The largest absolute Gasteiger partial charge is 0.315 e. The number of piperidine rings is 1. The van der Waals surface area contributed by atoms with Crippen molar-refractivity contribution in [3.8, 4) is 0 Å². The summed E-state index contributed by atoms with van der Waals surface area (Å²) in [5.74, 6) is -0.327. The van der Waals surface area contributed by atoms with Crippen molar-refractivity contribution in [1.29, 1.82) is 0 Å². The monoisotopic (exact) mass is 444 g/mol. The average molecular weight is 445 g/mol. The molecule has 7 nitrogen and oxygen atoms in total. The summed E-state index contributed by atoms with van der Waals surface area (Å²) < 4.78 is 0. The highest BCUT2D eigenvalue weighted by Crippen LogP contribution is 2.45. The van der Waals surface area contributed by atoms with E-state index in [2.05, 4.69) is 30.3 Å². The minimum atomic E-state index is -0.620. The van der Waals surface area contributed by atoms with Gasteiger partial charge in [-0.05, 0) is 62.9 Å². The predicted molar refractivity (Wildman–Crippen MR) is 120 cm³/mol. The Kier molecular flexibility index (Phi) is 5.48. The minimum absolute atomic E-state index is 0.0741. The van der Waals surface area contributed by atoms with E-state index in [1.54, 1.807) is 0 Å². The Morgan fingerprint density at radius 2 is 2.07 bits per heavy atom. The average Bonchev–Trinajstić information content (AvgIpc) is 3.00. The van der Waals surface area contributed by atoms with Crippen molar-refractivity contribution < 1.29 is 9.72 Å². The van der Waals surface area contributed by atoms with Crippen molar-refractivity contribution in [2.75, 3.05) is 25.0 Å². The number of halogens is 1. The molecule has 2 aliphatic heterocycles. The van der Waals surface area contributed by atoms with E-state index in [1.165, 1.54) is 29.3 Å². The number of carbonyl (C=O) groups excluding carboxylic acids is 1. The molecule has 30 heavy (non-hydrogen) atoms. The third-order valence-corrected chi connectivity index (χ3v) is 6.33. The van der Waals surface area contributed by atoms with Gasteiger partial charge in [-0.25, -0.2) is 0 Å². The van der Waals surface area contributed by atoms with Crippen LogP contribution in [0.1, 0.15) is 33.8 Å². The van der Waals surface area contributed by atoms with E-state index < -0.39 is 10.8 Å². The first-order valence-electron chi connectivity index (χ1n) is 9.64. The fourth-order valence-electron chi connectivity index (χ4n) is 4.42. The number of amides is 1. The summed E-state index contributed by atoms with van der Waals surface area (Å²) >= 11 is 11.5. The van der Waals surface area contributed by atoms with Gasteiger partial charge in [0.1, 0.15) is 5.56 Å². The van der Waals surface area contributed by atoms with Crippen LogP contribution in [0.2, 0.25) is 5.02 Å². The Morgan fingerprint density at radius 3 is 2.80 bits per heavy atom. The van der Waals surface area contributed by atoms with Crippen LogP contribution in [-0.4, -0.2) is 47.0 Å². The highest BCUT2D eigenvalue weighted by Gasteiger charge is 2.43. The molecule has 0 aromatic heterocycles. The van der Waals surface area contributed by atoms with Crippen LogP contribution in [0.5, 0.6) is 0 Å². The molecule has 156 valence electrons. The maximum atomic E-state index is 12.8. The molecule has 0 saturated carbocycles. The maximum Gasteiger partial charge on any atom is 0.283 e. The molecule has 2 aromatic rings. The van der Waals surface area contributed by atoms with E-state index >= 15 is 0 Å². The molecule has 0 bridgehead atoms. The quantitative estimate of drug-likeness (QED) is 0.430. The molecule has 0 radical (unpaired) electrons. The highest BCUT2D eigenvalue weighted by molar-refractivity contribution is 7.80. The van der Waals surface area contributed by atoms with Crippen LogP contribution in [0.4, 0.5) is 11.4 Å². The molecule has 0 aliphatic carbocycles. The highest BCUT2D eigenvalue weighted by atomic mass is 35.5. The first-order chi connectivity index (χ1) is 14.3. The molecular formula is C21H21ClN4O3S. The number of nitro benzene ring substituents is 1. The summed E-state index contributed by atoms with van der Waals surface area (Å²) in [5.41, 5.74) is 2.96. The van der Waals surface area contributed by atoms with Gasteiger partial charge in [-0.1, -0.05) is 29.3 Å². The number of anilines is 1. The van der Waals surface area contributed by atoms with Gasteiger partial charge in [0.25, 0.3) is 11.6 Å². The summed E-state index contributed by atoms with van der Waals surface area (Å²) in [6, 6.07) is 10.4. The van der Waals surface area contributed by atoms with Gasteiger partial charge in [0.15, 0.2) is 5.11 Å². The number of hydrogen-bond donors (Lipinski definition) is 1. The fourth-order valence-corrected chi connectivity index (χ4v) is 4.91. The molecule has 1 fully saturated rings. The van der Waals surface area contributed by atoms with E-state index in [4.69, 9.17) is 23.8 Å². The van der Waals surface area contributed by atoms with Gasteiger partial charge in [-0.15, -0.1) is 0 Å². The zero-order chi connectivity index (χ0) is 21.6. The number of hydrogen-bond acceptors (Lipinski definition) is 5. The van der Waals surface area contributed by atoms with Gasteiger partial charge in [0.2, 0.25) is 0 Å². The van der Waals surface area contributed by atoms with Crippen LogP contribution >= 0.6 is 23.8 Å². The summed E-state index contributed by atoms with van der Waals surface area (Å²) in [4.78, 5) is 27.9. The van der Waals surface area contributed by atoms with Crippen molar-refractivity contribution in [3.63, 3.8) is 0 Å². The third kappa shape index (κ3) is 3.66. The van der Waals surface area contributed by atoms with Gasteiger partial charge < -0.3 is 9.80 Å². The van der Waals surface area contributed by atoms with Gasteiger partial charge in [-0.2, -0.15) is 0 Å². The van der Waals surface area contributed by atoms with Gasteiger partial charge >= 0.3 is 0 Å². The van der Waals surface area contributed by atoms with Crippen molar-refractivity contribution in [2.24, 2.45) is 0 Å². The fraction of sp³-hybridized carbons (Fsp3) is 0.333. The molecular weight excluding hydrogens is 424 g/mol. The van der Waals surface area contributed by atoms with Crippen LogP contribution in [0.15, 0.2) is 36.4 Å². The summed E-state index contributed by atoms with van der Waals surface area (Å²) in [5, 5.41) is 14.5. The van der Waals surface area contributed by atoms with Crippen LogP contribution in [0, 0.1) is 17.0 Å². The number of nitrogens with one attached hydrogen (secondary N) is 1. The molecule has 1 amide bonds. The van der Waals surface area contributed by atoms with Crippen molar-refractivity contribution >= 4 is 46.2 Å². The minimum Gasteiger partial charge on any atom is -0.315 e. The Balaban J connectivity index is 1.64. The lowest BCUT2D eigenvalue weighted by atomic mass is 9.89. The van der Waals surface area contributed by atoms with E-state index in [-0.39, 0.29) is 27.4 Å². The Bertz CT molecular complexity index is 1060. The number of aryl methyl sites for hydroxylation is 1.